The Labute approximate surface area is 123 Å². The van der Waals surface area contributed by atoms with Crippen molar-refractivity contribution in [2.24, 2.45) is 11.7 Å². The van der Waals surface area contributed by atoms with Gasteiger partial charge in [0.1, 0.15) is 5.75 Å². The minimum absolute atomic E-state index is 0.284. The van der Waals surface area contributed by atoms with E-state index in [0.717, 1.165) is 38.3 Å². The van der Waals surface area contributed by atoms with Gasteiger partial charge in [0.25, 0.3) is 0 Å². The van der Waals surface area contributed by atoms with Gasteiger partial charge in [-0.05, 0) is 43.4 Å². The molecule has 0 radical (unpaired) electrons. The first-order valence-electron chi connectivity index (χ1n) is 7.84. The zero-order chi connectivity index (χ0) is 14.5. The van der Waals surface area contributed by atoms with Crippen molar-refractivity contribution >= 4 is 5.69 Å². The van der Waals surface area contributed by atoms with Crippen molar-refractivity contribution in [2.75, 3.05) is 24.6 Å². The molecule has 0 bridgehead atoms. The van der Waals surface area contributed by atoms with Gasteiger partial charge in [0, 0.05) is 19.1 Å². The van der Waals surface area contributed by atoms with Crippen LogP contribution in [0.2, 0.25) is 0 Å². The highest BCUT2D eigenvalue weighted by atomic mass is 16.5. The zero-order valence-electron chi connectivity index (χ0n) is 13.1. The van der Waals surface area contributed by atoms with Crippen molar-refractivity contribution in [3.63, 3.8) is 0 Å². The number of nitrogens with zero attached hydrogens (tertiary/aromatic N) is 1. The Morgan fingerprint density at radius 1 is 1.45 bits per heavy atom. The van der Waals surface area contributed by atoms with Gasteiger partial charge in [-0.1, -0.05) is 26.3 Å². The maximum atomic E-state index is 6.11. The van der Waals surface area contributed by atoms with Gasteiger partial charge >= 0.3 is 0 Å². The molecule has 1 aromatic rings. The van der Waals surface area contributed by atoms with Crippen LogP contribution in [-0.2, 0) is 0 Å². The van der Waals surface area contributed by atoms with E-state index in [0.29, 0.717) is 5.92 Å². The third-order valence-electron chi connectivity index (χ3n) is 4.13. The van der Waals surface area contributed by atoms with E-state index in [4.69, 9.17) is 10.5 Å². The molecule has 112 valence electrons. The van der Waals surface area contributed by atoms with Crippen LogP contribution in [0, 0.1) is 12.8 Å². The zero-order valence-corrected chi connectivity index (χ0v) is 13.1. The SMILES string of the molecule is CCC(C)COc1ccc(C)cc1N1CCCC(N)C1. The smallest absolute Gasteiger partial charge is 0.142 e. The average molecular weight is 276 g/mol. The Balaban J connectivity index is 2.14. The second-order valence-corrected chi connectivity index (χ2v) is 6.14. The lowest BCUT2D eigenvalue weighted by molar-refractivity contribution is 0.256. The van der Waals surface area contributed by atoms with Crippen molar-refractivity contribution in [3.8, 4) is 5.75 Å². The van der Waals surface area contributed by atoms with Gasteiger partial charge in [-0.25, -0.2) is 0 Å². The fourth-order valence-electron chi connectivity index (χ4n) is 2.58. The number of anilines is 1. The number of nitrogens with two attached hydrogens (primary N) is 1. The summed E-state index contributed by atoms with van der Waals surface area (Å²) in [6, 6.07) is 6.74. The van der Waals surface area contributed by atoms with Crippen molar-refractivity contribution in [2.45, 2.75) is 46.1 Å². The van der Waals surface area contributed by atoms with E-state index in [1.807, 2.05) is 0 Å². The van der Waals surface area contributed by atoms with Crippen LogP contribution < -0.4 is 15.4 Å². The molecule has 20 heavy (non-hydrogen) atoms. The van der Waals surface area contributed by atoms with Gasteiger partial charge in [-0.15, -0.1) is 0 Å². The normalized spacial score (nSPS) is 20.8. The quantitative estimate of drug-likeness (QED) is 0.896. The Hall–Kier alpha value is -1.22. The van der Waals surface area contributed by atoms with Crippen molar-refractivity contribution < 1.29 is 4.74 Å². The predicted molar refractivity (Wildman–Crippen MR) is 85.6 cm³/mol. The van der Waals surface area contributed by atoms with Gasteiger partial charge in [0.15, 0.2) is 0 Å². The predicted octanol–water partition coefficient (Wildman–Crippen LogP) is 3.35. The van der Waals surface area contributed by atoms with Crippen LogP contribution in [0.25, 0.3) is 0 Å². The highest BCUT2D eigenvalue weighted by Gasteiger charge is 2.20. The number of hydrogen-bond donors (Lipinski definition) is 1. The summed E-state index contributed by atoms with van der Waals surface area (Å²) in [4.78, 5) is 2.38. The molecule has 2 rings (SSSR count). The van der Waals surface area contributed by atoms with Gasteiger partial charge in [-0.2, -0.15) is 0 Å². The van der Waals surface area contributed by atoms with E-state index >= 15 is 0 Å². The van der Waals surface area contributed by atoms with Gasteiger partial charge in [0.2, 0.25) is 0 Å². The van der Waals surface area contributed by atoms with Crippen LogP contribution in [0.1, 0.15) is 38.7 Å². The van der Waals surface area contributed by atoms with E-state index in [1.165, 1.54) is 17.7 Å². The topological polar surface area (TPSA) is 38.5 Å². The van der Waals surface area contributed by atoms with Crippen LogP contribution >= 0.6 is 0 Å². The molecule has 0 aromatic heterocycles. The number of benzene rings is 1. The lowest BCUT2D eigenvalue weighted by Gasteiger charge is -2.34. The first kappa shape index (κ1) is 15.2. The van der Waals surface area contributed by atoms with E-state index < -0.39 is 0 Å². The standard InChI is InChI=1S/C17H28N2O/c1-4-13(2)12-20-17-8-7-14(3)10-16(17)19-9-5-6-15(18)11-19/h7-8,10,13,15H,4-6,9,11-12,18H2,1-3H3. The van der Waals surface area contributed by atoms with Gasteiger partial charge in [0.05, 0.1) is 12.3 Å². The number of ether oxygens (including phenoxy) is 1. The third-order valence-corrected chi connectivity index (χ3v) is 4.13. The van der Waals surface area contributed by atoms with E-state index in [2.05, 4.69) is 43.9 Å². The van der Waals surface area contributed by atoms with Gasteiger partial charge in [-0.3, -0.25) is 0 Å². The molecule has 0 amide bonds. The first-order chi connectivity index (χ1) is 9.60. The van der Waals surface area contributed by atoms with Crippen LogP contribution in [-0.4, -0.2) is 25.7 Å². The molecule has 0 aliphatic carbocycles. The van der Waals surface area contributed by atoms with Gasteiger partial charge < -0.3 is 15.4 Å². The molecular weight excluding hydrogens is 248 g/mol. The maximum Gasteiger partial charge on any atom is 0.142 e. The Kier molecular flexibility index (Phi) is 5.30. The van der Waals surface area contributed by atoms with E-state index in [9.17, 15) is 0 Å². The molecule has 3 nitrogen and oxygen atoms in total. The molecule has 1 aliphatic rings. The highest BCUT2D eigenvalue weighted by Crippen LogP contribution is 2.31. The van der Waals surface area contributed by atoms with Crippen molar-refractivity contribution in [1.29, 1.82) is 0 Å². The highest BCUT2D eigenvalue weighted by molar-refractivity contribution is 5.60. The van der Waals surface area contributed by atoms with Crippen LogP contribution in [0.3, 0.4) is 0 Å². The molecule has 1 saturated heterocycles. The molecule has 2 N–H and O–H groups in total. The Morgan fingerprint density at radius 3 is 2.95 bits per heavy atom. The Bertz CT molecular complexity index is 433. The summed E-state index contributed by atoms with van der Waals surface area (Å²) < 4.78 is 6.05. The number of aryl methyl sites for hydroxylation is 1. The summed E-state index contributed by atoms with van der Waals surface area (Å²) in [6.07, 6.45) is 3.45. The number of piperidine rings is 1. The van der Waals surface area contributed by atoms with Crippen molar-refractivity contribution in [1.82, 2.24) is 0 Å². The lowest BCUT2D eigenvalue weighted by atomic mass is 10.0. The molecule has 0 spiro atoms. The monoisotopic (exact) mass is 276 g/mol. The fourth-order valence-corrected chi connectivity index (χ4v) is 2.58. The molecule has 2 unspecified atom stereocenters. The van der Waals surface area contributed by atoms with Crippen LogP contribution in [0.4, 0.5) is 5.69 Å². The molecule has 2 atom stereocenters. The Morgan fingerprint density at radius 2 is 2.25 bits per heavy atom. The second-order valence-electron chi connectivity index (χ2n) is 6.14. The average Bonchev–Trinajstić information content (AvgIpc) is 2.45. The lowest BCUT2D eigenvalue weighted by Crippen LogP contribution is -2.43. The summed E-state index contributed by atoms with van der Waals surface area (Å²) in [5, 5.41) is 0. The molecule has 1 heterocycles. The molecule has 1 aromatic carbocycles. The molecular formula is C17H28N2O. The number of hydrogen-bond acceptors (Lipinski definition) is 3. The number of rotatable bonds is 5. The first-order valence-corrected chi connectivity index (χ1v) is 7.84. The summed E-state index contributed by atoms with van der Waals surface area (Å²) in [5.41, 5.74) is 8.60. The van der Waals surface area contributed by atoms with Crippen LogP contribution in [0.15, 0.2) is 18.2 Å². The maximum absolute atomic E-state index is 6.11. The fraction of sp³-hybridized carbons (Fsp3) is 0.647. The van der Waals surface area contributed by atoms with Crippen molar-refractivity contribution in [3.05, 3.63) is 23.8 Å². The molecule has 1 aliphatic heterocycles. The summed E-state index contributed by atoms with van der Waals surface area (Å²) in [7, 11) is 0. The van der Waals surface area contributed by atoms with Crippen LogP contribution in [0.5, 0.6) is 5.75 Å². The summed E-state index contributed by atoms with van der Waals surface area (Å²) in [5.74, 6) is 1.60. The molecule has 0 saturated carbocycles. The summed E-state index contributed by atoms with van der Waals surface area (Å²) >= 11 is 0. The minimum atomic E-state index is 0.284. The molecule has 3 heteroatoms. The molecule has 1 fully saturated rings. The third kappa shape index (κ3) is 3.89. The minimum Gasteiger partial charge on any atom is -0.491 e. The summed E-state index contributed by atoms with van der Waals surface area (Å²) in [6.45, 7) is 9.36. The van der Waals surface area contributed by atoms with E-state index in [1.54, 1.807) is 0 Å². The van der Waals surface area contributed by atoms with E-state index in [-0.39, 0.29) is 6.04 Å². The second kappa shape index (κ2) is 6.98. The largest absolute Gasteiger partial charge is 0.491 e.